The van der Waals surface area contributed by atoms with Crippen LogP contribution in [0.3, 0.4) is 0 Å². The zero-order valence-corrected chi connectivity index (χ0v) is 12.4. The second-order valence-electron chi connectivity index (χ2n) is 5.43. The van der Waals surface area contributed by atoms with E-state index in [2.05, 4.69) is 0 Å². The van der Waals surface area contributed by atoms with Crippen molar-refractivity contribution in [3.05, 3.63) is 32.6 Å². The molecule has 2 heterocycles. The number of aromatic nitrogens is 2. The molecule has 1 fully saturated rings. The molecule has 0 radical (unpaired) electrons. The van der Waals surface area contributed by atoms with Crippen LogP contribution in [0.1, 0.15) is 38.0 Å². The normalized spacial score (nSPS) is 25.4. The van der Waals surface area contributed by atoms with Crippen LogP contribution in [0.4, 0.5) is 0 Å². The first-order chi connectivity index (χ1) is 9.99. The molecular weight excluding hydrogens is 276 g/mol. The number of aliphatic hydroxyl groups excluding tert-OH is 2. The number of aliphatic hydroxyl groups is 2. The molecule has 21 heavy (non-hydrogen) atoms. The molecule has 0 bridgehead atoms. The van der Waals surface area contributed by atoms with Crippen LogP contribution in [0, 0.1) is 6.92 Å². The van der Waals surface area contributed by atoms with E-state index in [1.165, 1.54) is 15.3 Å². The van der Waals surface area contributed by atoms with Crippen molar-refractivity contribution >= 4 is 0 Å². The third-order valence-corrected chi connectivity index (χ3v) is 3.80. The maximum atomic E-state index is 12.4. The summed E-state index contributed by atoms with van der Waals surface area (Å²) in [6.07, 6.45) is 1.14. The van der Waals surface area contributed by atoms with Crippen molar-refractivity contribution in [1.82, 2.24) is 9.13 Å². The van der Waals surface area contributed by atoms with Crippen molar-refractivity contribution in [1.29, 1.82) is 0 Å². The quantitative estimate of drug-likeness (QED) is 0.782. The van der Waals surface area contributed by atoms with Crippen LogP contribution in [-0.2, 0) is 11.3 Å². The predicted octanol–water partition coefficient (Wildman–Crippen LogP) is -0.241. The van der Waals surface area contributed by atoms with Crippen molar-refractivity contribution in [3.8, 4) is 0 Å². The standard InChI is InChI=1S/C14H22N2O5/c1-3-4-5-15-13(19)9(2)7-16(14(15)20)12-6-10(18)11(8-17)21-12/h7,10-12,17-18H,3-6,8H2,1-2H3/t10-,11+,12+/m0/s1. The summed E-state index contributed by atoms with van der Waals surface area (Å²) in [6, 6.07) is 0. The Hall–Kier alpha value is -1.44. The van der Waals surface area contributed by atoms with Crippen LogP contribution < -0.4 is 11.2 Å². The lowest BCUT2D eigenvalue weighted by molar-refractivity contribution is -0.0464. The zero-order chi connectivity index (χ0) is 15.6. The number of aryl methyl sites for hydroxylation is 1. The van der Waals surface area contributed by atoms with Gasteiger partial charge in [0, 0.05) is 24.7 Å². The van der Waals surface area contributed by atoms with Gasteiger partial charge < -0.3 is 14.9 Å². The molecule has 7 nitrogen and oxygen atoms in total. The number of hydrogen-bond donors (Lipinski definition) is 2. The zero-order valence-electron chi connectivity index (χ0n) is 12.4. The molecule has 2 N–H and O–H groups in total. The monoisotopic (exact) mass is 298 g/mol. The van der Waals surface area contributed by atoms with Crippen molar-refractivity contribution in [2.45, 2.75) is 58.1 Å². The van der Waals surface area contributed by atoms with E-state index < -0.39 is 24.1 Å². The van der Waals surface area contributed by atoms with Gasteiger partial charge in [0.2, 0.25) is 0 Å². The largest absolute Gasteiger partial charge is 0.394 e. The summed E-state index contributed by atoms with van der Waals surface area (Å²) in [7, 11) is 0. The molecule has 0 amide bonds. The molecule has 3 atom stereocenters. The molecule has 1 aromatic rings. The molecule has 0 unspecified atom stereocenters. The van der Waals surface area contributed by atoms with Gasteiger partial charge in [0.15, 0.2) is 0 Å². The molecule has 1 aliphatic heterocycles. The minimum Gasteiger partial charge on any atom is -0.394 e. The van der Waals surface area contributed by atoms with Gasteiger partial charge in [-0.15, -0.1) is 0 Å². The molecule has 7 heteroatoms. The van der Waals surface area contributed by atoms with Gasteiger partial charge in [0.1, 0.15) is 12.3 Å². The van der Waals surface area contributed by atoms with Crippen molar-refractivity contribution in [2.24, 2.45) is 0 Å². The first-order valence-corrected chi connectivity index (χ1v) is 7.26. The van der Waals surface area contributed by atoms with Gasteiger partial charge in [-0.05, 0) is 13.3 Å². The number of unbranched alkanes of at least 4 members (excludes halogenated alkanes) is 1. The highest BCUT2D eigenvalue weighted by Crippen LogP contribution is 2.27. The van der Waals surface area contributed by atoms with Crippen LogP contribution >= 0.6 is 0 Å². The highest BCUT2D eigenvalue weighted by atomic mass is 16.5. The first-order valence-electron chi connectivity index (χ1n) is 7.26. The van der Waals surface area contributed by atoms with E-state index in [1.54, 1.807) is 6.92 Å². The fourth-order valence-electron chi connectivity index (χ4n) is 2.53. The van der Waals surface area contributed by atoms with E-state index in [9.17, 15) is 14.7 Å². The third-order valence-electron chi connectivity index (χ3n) is 3.80. The highest BCUT2D eigenvalue weighted by Gasteiger charge is 2.35. The molecule has 2 rings (SSSR count). The SMILES string of the molecule is CCCCn1c(=O)c(C)cn([C@H]2C[C@H](O)[C@@H](CO)O2)c1=O. The Morgan fingerprint density at radius 1 is 1.43 bits per heavy atom. The Morgan fingerprint density at radius 3 is 2.71 bits per heavy atom. The summed E-state index contributed by atoms with van der Waals surface area (Å²) in [6.45, 7) is 3.70. The number of rotatable bonds is 5. The molecule has 1 aromatic heterocycles. The molecule has 0 saturated carbocycles. The van der Waals surface area contributed by atoms with Crippen molar-refractivity contribution < 1.29 is 14.9 Å². The first kappa shape index (κ1) is 15.9. The molecule has 118 valence electrons. The number of hydrogen-bond acceptors (Lipinski definition) is 5. The summed E-state index contributed by atoms with van der Waals surface area (Å²) in [5.41, 5.74) is -0.270. The summed E-state index contributed by atoms with van der Waals surface area (Å²) in [4.78, 5) is 24.5. The van der Waals surface area contributed by atoms with Gasteiger partial charge in [-0.2, -0.15) is 0 Å². The topological polar surface area (TPSA) is 93.7 Å². The van der Waals surface area contributed by atoms with Gasteiger partial charge in [0.25, 0.3) is 5.56 Å². The van der Waals surface area contributed by atoms with E-state index in [1.807, 2.05) is 6.92 Å². The molecular formula is C14H22N2O5. The molecule has 1 aliphatic rings. The van der Waals surface area contributed by atoms with Crippen LogP contribution in [-0.4, -0.2) is 38.2 Å². The lowest BCUT2D eigenvalue weighted by Gasteiger charge is -2.17. The minimum absolute atomic E-state index is 0.219. The van der Waals surface area contributed by atoms with Gasteiger partial charge in [-0.3, -0.25) is 13.9 Å². The second kappa shape index (κ2) is 6.55. The summed E-state index contributed by atoms with van der Waals surface area (Å²) in [5, 5.41) is 18.9. The van der Waals surface area contributed by atoms with Crippen LogP contribution in [0.2, 0.25) is 0 Å². The maximum absolute atomic E-state index is 12.4. The molecule has 0 aliphatic carbocycles. The second-order valence-corrected chi connectivity index (χ2v) is 5.43. The maximum Gasteiger partial charge on any atom is 0.333 e. The van der Waals surface area contributed by atoms with Gasteiger partial charge in [0.05, 0.1) is 12.7 Å². The van der Waals surface area contributed by atoms with E-state index >= 15 is 0 Å². The van der Waals surface area contributed by atoms with Crippen molar-refractivity contribution in [2.75, 3.05) is 6.61 Å². The lowest BCUT2D eigenvalue weighted by Crippen LogP contribution is -2.42. The van der Waals surface area contributed by atoms with Gasteiger partial charge >= 0.3 is 5.69 Å². The van der Waals surface area contributed by atoms with Crippen LogP contribution in [0.5, 0.6) is 0 Å². The third kappa shape index (κ3) is 3.09. The Bertz CT molecular complexity index is 606. The molecule has 1 saturated heterocycles. The predicted molar refractivity (Wildman–Crippen MR) is 76.2 cm³/mol. The van der Waals surface area contributed by atoms with Crippen LogP contribution in [0.25, 0.3) is 0 Å². The summed E-state index contributed by atoms with van der Waals surface area (Å²) >= 11 is 0. The molecule has 0 spiro atoms. The van der Waals surface area contributed by atoms with E-state index in [0.29, 0.717) is 12.1 Å². The Morgan fingerprint density at radius 2 is 2.14 bits per heavy atom. The molecule has 0 aromatic carbocycles. The smallest absolute Gasteiger partial charge is 0.333 e. The van der Waals surface area contributed by atoms with E-state index in [4.69, 9.17) is 9.84 Å². The number of nitrogens with zero attached hydrogens (tertiary/aromatic N) is 2. The number of ether oxygens (including phenoxy) is 1. The average Bonchev–Trinajstić information content (AvgIpc) is 2.84. The fraction of sp³-hybridized carbons (Fsp3) is 0.714. The Balaban J connectivity index is 2.39. The van der Waals surface area contributed by atoms with Crippen LogP contribution in [0.15, 0.2) is 15.8 Å². The highest BCUT2D eigenvalue weighted by molar-refractivity contribution is 5.04. The summed E-state index contributed by atoms with van der Waals surface area (Å²) < 4.78 is 8.04. The summed E-state index contributed by atoms with van der Waals surface area (Å²) in [5.74, 6) is 0. The Kier molecular flexibility index (Phi) is 4.97. The lowest BCUT2D eigenvalue weighted by atomic mass is 10.2. The van der Waals surface area contributed by atoms with E-state index in [0.717, 1.165) is 12.8 Å². The average molecular weight is 298 g/mol. The minimum atomic E-state index is -0.816. The van der Waals surface area contributed by atoms with E-state index in [-0.39, 0.29) is 18.6 Å². The fourth-order valence-corrected chi connectivity index (χ4v) is 2.53. The Labute approximate surface area is 122 Å². The van der Waals surface area contributed by atoms with Crippen molar-refractivity contribution in [3.63, 3.8) is 0 Å². The van der Waals surface area contributed by atoms with Gasteiger partial charge in [-0.25, -0.2) is 4.79 Å². The van der Waals surface area contributed by atoms with Gasteiger partial charge in [-0.1, -0.05) is 13.3 Å².